The van der Waals surface area contributed by atoms with Gasteiger partial charge in [-0.15, -0.1) is 21.5 Å². The van der Waals surface area contributed by atoms with Gasteiger partial charge in [0.1, 0.15) is 16.9 Å². The minimum Gasteiger partial charge on any atom is -0.481 e. The summed E-state index contributed by atoms with van der Waals surface area (Å²) in [6.07, 6.45) is 0. The third-order valence-electron chi connectivity index (χ3n) is 6.90. The molecule has 1 N–H and O–H groups in total. The SMILES string of the molecule is Cc1sc2c(c1C)C(c1ccc(N(C)Cc3ccccc3)cc1)=N[C@@H](C(C)C(=O)O)c1nnc(C)n1-2. The molecule has 0 saturated carbocycles. The van der Waals surface area contributed by atoms with Gasteiger partial charge in [0.05, 0.1) is 11.6 Å². The van der Waals surface area contributed by atoms with Crippen LogP contribution >= 0.6 is 11.3 Å². The molecule has 2 aromatic heterocycles. The van der Waals surface area contributed by atoms with E-state index in [1.165, 1.54) is 10.4 Å². The second-order valence-corrected chi connectivity index (χ2v) is 10.5. The Balaban J connectivity index is 1.60. The summed E-state index contributed by atoms with van der Waals surface area (Å²) in [5.41, 5.74) is 6.25. The molecule has 1 aliphatic heterocycles. The minimum atomic E-state index is -0.911. The Kier molecular flexibility index (Phi) is 6.22. The van der Waals surface area contributed by atoms with Crippen molar-refractivity contribution in [3.05, 3.63) is 93.4 Å². The van der Waals surface area contributed by atoms with Gasteiger partial charge in [-0.2, -0.15) is 0 Å². The van der Waals surface area contributed by atoms with Crippen molar-refractivity contribution in [1.82, 2.24) is 14.8 Å². The highest BCUT2D eigenvalue weighted by Gasteiger charge is 2.36. The first-order chi connectivity index (χ1) is 17.3. The summed E-state index contributed by atoms with van der Waals surface area (Å²) >= 11 is 1.67. The van der Waals surface area contributed by atoms with Crippen molar-refractivity contribution in [2.45, 2.75) is 40.3 Å². The number of rotatable bonds is 6. The number of fused-ring (bicyclic) bond motifs is 3. The largest absolute Gasteiger partial charge is 0.481 e. The van der Waals surface area contributed by atoms with Crippen LogP contribution in [0.5, 0.6) is 0 Å². The van der Waals surface area contributed by atoms with Crippen LogP contribution in [0.2, 0.25) is 0 Å². The number of anilines is 1. The minimum absolute atomic E-state index is 0.569. The van der Waals surface area contributed by atoms with Crippen molar-refractivity contribution >= 4 is 28.7 Å². The Bertz CT molecular complexity index is 1450. The first kappa shape index (κ1) is 23.9. The van der Waals surface area contributed by atoms with Crippen molar-refractivity contribution in [3.8, 4) is 5.00 Å². The van der Waals surface area contributed by atoms with Gasteiger partial charge < -0.3 is 10.0 Å². The van der Waals surface area contributed by atoms with E-state index in [0.717, 1.165) is 45.5 Å². The standard InChI is InChI=1S/C28H29N5O2S/c1-16-18(3)36-27-23(16)25(29-24(17(2)28(34)35)26-31-30-19(4)33(26)27)21-11-13-22(14-12-21)32(5)15-20-9-7-6-8-10-20/h6-14,17,24H,15H2,1-5H3,(H,34,35)/t17?,24-/m0/s1. The molecule has 0 amide bonds. The van der Waals surface area contributed by atoms with Crippen LogP contribution in [0.15, 0.2) is 59.6 Å². The normalized spacial score (nSPS) is 15.5. The summed E-state index contributed by atoms with van der Waals surface area (Å²) in [7, 11) is 2.08. The number of hydrogen-bond donors (Lipinski definition) is 1. The lowest BCUT2D eigenvalue weighted by molar-refractivity contribution is -0.141. The number of carboxylic acid groups (broad SMARTS) is 1. The molecule has 0 radical (unpaired) electrons. The molecule has 2 aromatic carbocycles. The second kappa shape index (κ2) is 9.35. The lowest BCUT2D eigenvalue weighted by atomic mass is 9.98. The lowest BCUT2D eigenvalue weighted by Crippen LogP contribution is -2.21. The van der Waals surface area contributed by atoms with Crippen LogP contribution in [-0.2, 0) is 11.3 Å². The molecule has 0 bridgehead atoms. The van der Waals surface area contributed by atoms with Crippen LogP contribution in [0, 0.1) is 26.7 Å². The van der Waals surface area contributed by atoms with E-state index in [1.807, 2.05) is 17.6 Å². The molecule has 7 nitrogen and oxygen atoms in total. The van der Waals surface area contributed by atoms with Crippen LogP contribution < -0.4 is 4.90 Å². The third-order valence-corrected chi connectivity index (χ3v) is 8.09. The van der Waals surface area contributed by atoms with E-state index >= 15 is 0 Å². The van der Waals surface area contributed by atoms with E-state index < -0.39 is 17.9 Å². The van der Waals surface area contributed by atoms with Crippen molar-refractivity contribution in [1.29, 1.82) is 0 Å². The highest BCUT2D eigenvalue weighted by atomic mass is 32.1. The predicted molar refractivity (Wildman–Crippen MR) is 144 cm³/mol. The highest BCUT2D eigenvalue weighted by molar-refractivity contribution is 7.15. The fraction of sp³-hybridized carbons (Fsp3) is 0.286. The van der Waals surface area contributed by atoms with Gasteiger partial charge in [0, 0.05) is 35.3 Å². The molecule has 1 unspecified atom stereocenters. The van der Waals surface area contributed by atoms with Gasteiger partial charge >= 0.3 is 5.97 Å². The first-order valence-electron chi connectivity index (χ1n) is 11.9. The molecule has 5 rings (SSSR count). The molecule has 2 atom stereocenters. The molecule has 8 heteroatoms. The summed E-state index contributed by atoms with van der Waals surface area (Å²) in [6, 6.07) is 18.1. The number of hydrogen-bond acceptors (Lipinski definition) is 6. The Morgan fingerprint density at radius 2 is 1.78 bits per heavy atom. The Labute approximate surface area is 214 Å². The topological polar surface area (TPSA) is 83.6 Å². The fourth-order valence-corrected chi connectivity index (χ4v) is 5.85. The number of thiophene rings is 1. The molecule has 0 fully saturated rings. The van der Waals surface area contributed by atoms with Gasteiger partial charge in [0.15, 0.2) is 5.82 Å². The van der Waals surface area contributed by atoms with E-state index in [4.69, 9.17) is 4.99 Å². The molecule has 1 aliphatic rings. The number of aryl methyl sites for hydroxylation is 2. The van der Waals surface area contributed by atoms with Gasteiger partial charge in [-0.1, -0.05) is 42.5 Å². The van der Waals surface area contributed by atoms with Crippen LogP contribution in [0.3, 0.4) is 0 Å². The van der Waals surface area contributed by atoms with E-state index in [1.54, 1.807) is 18.3 Å². The quantitative estimate of drug-likeness (QED) is 0.379. The van der Waals surface area contributed by atoms with Crippen LogP contribution in [0.25, 0.3) is 5.00 Å². The van der Waals surface area contributed by atoms with Gasteiger partial charge in [-0.3, -0.25) is 14.4 Å². The maximum atomic E-state index is 12.0. The van der Waals surface area contributed by atoms with Crippen LogP contribution in [-0.4, -0.2) is 38.6 Å². The number of nitrogens with zero attached hydrogens (tertiary/aromatic N) is 5. The van der Waals surface area contributed by atoms with Gasteiger partial charge in [0.2, 0.25) is 0 Å². The zero-order valence-electron chi connectivity index (χ0n) is 21.1. The summed E-state index contributed by atoms with van der Waals surface area (Å²) in [5.74, 6) is -0.371. The number of carboxylic acids is 1. The van der Waals surface area contributed by atoms with Crippen LogP contribution in [0.4, 0.5) is 5.69 Å². The molecule has 3 heterocycles. The molecule has 4 aromatic rings. The van der Waals surface area contributed by atoms with Crippen molar-refractivity contribution in [2.24, 2.45) is 10.9 Å². The zero-order chi connectivity index (χ0) is 25.6. The first-order valence-corrected chi connectivity index (χ1v) is 12.8. The number of aliphatic carboxylic acids is 1. The number of benzene rings is 2. The second-order valence-electron chi connectivity index (χ2n) is 9.34. The maximum Gasteiger partial charge on any atom is 0.308 e. The maximum absolute atomic E-state index is 12.0. The third kappa shape index (κ3) is 4.11. The number of carbonyl (C=O) groups is 1. The molecular formula is C28H29N5O2S. The van der Waals surface area contributed by atoms with Crippen molar-refractivity contribution < 1.29 is 9.90 Å². The van der Waals surface area contributed by atoms with Crippen LogP contribution in [0.1, 0.15) is 51.7 Å². The summed E-state index contributed by atoms with van der Waals surface area (Å²) < 4.78 is 1.99. The van der Waals surface area contributed by atoms with E-state index in [9.17, 15) is 9.90 Å². The Hall–Kier alpha value is -3.78. The Morgan fingerprint density at radius 1 is 1.08 bits per heavy atom. The predicted octanol–water partition coefficient (Wildman–Crippen LogP) is 5.50. The summed E-state index contributed by atoms with van der Waals surface area (Å²) in [5, 5.41) is 19.5. The fourth-order valence-electron chi connectivity index (χ4n) is 4.64. The Morgan fingerprint density at radius 3 is 2.44 bits per heavy atom. The number of aromatic nitrogens is 3. The smallest absolute Gasteiger partial charge is 0.308 e. The molecule has 0 spiro atoms. The molecule has 184 valence electrons. The van der Waals surface area contributed by atoms with Gasteiger partial charge in [0.25, 0.3) is 0 Å². The van der Waals surface area contributed by atoms with E-state index in [-0.39, 0.29) is 0 Å². The lowest BCUT2D eigenvalue weighted by Gasteiger charge is -2.20. The average molecular weight is 500 g/mol. The van der Waals surface area contributed by atoms with Crippen molar-refractivity contribution in [2.75, 3.05) is 11.9 Å². The zero-order valence-corrected chi connectivity index (χ0v) is 21.9. The van der Waals surface area contributed by atoms with E-state index in [2.05, 4.69) is 84.5 Å². The van der Waals surface area contributed by atoms with Gasteiger partial charge in [-0.25, -0.2) is 0 Å². The molecule has 0 aliphatic carbocycles. The molecule has 36 heavy (non-hydrogen) atoms. The average Bonchev–Trinajstić information content (AvgIpc) is 3.34. The summed E-state index contributed by atoms with van der Waals surface area (Å²) in [6.45, 7) is 8.59. The monoisotopic (exact) mass is 499 g/mol. The molecular weight excluding hydrogens is 470 g/mol. The van der Waals surface area contributed by atoms with Gasteiger partial charge in [-0.05, 0) is 51.0 Å². The number of aliphatic imine (C=N–C) groups is 1. The van der Waals surface area contributed by atoms with Crippen molar-refractivity contribution in [3.63, 3.8) is 0 Å². The molecule has 0 saturated heterocycles. The highest BCUT2D eigenvalue weighted by Crippen LogP contribution is 2.40. The van der Waals surface area contributed by atoms with E-state index in [0.29, 0.717) is 5.82 Å². The summed E-state index contributed by atoms with van der Waals surface area (Å²) in [4.78, 5) is 20.5.